The molecule has 5 heteroatoms. The molecule has 5 nitrogen and oxygen atoms in total. The predicted molar refractivity (Wildman–Crippen MR) is 256 cm³/mol. The van der Waals surface area contributed by atoms with Crippen molar-refractivity contribution < 1.29 is 13.3 Å². The van der Waals surface area contributed by atoms with E-state index in [1.807, 2.05) is 18.2 Å². The van der Waals surface area contributed by atoms with Crippen LogP contribution in [0.15, 0.2) is 201 Å². The molecule has 62 heavy (non-hydrogen) atoms. The average Bonchev–Trinajstić information content (AvgIpc) is 4.02. The molecule has 4 heterocycles. The molecule has 0 atom stereocenters. The summed E-state index contributed by atoms with van der Waals surface area (Å²) in [4.78, 5) is 4.76. The first kappa shape index (κ1) is 33.5. The fourth-order valence-electron chi connectivity index (χ4n) is 10.4. The molecule has 0 fully saturated rings. The van der Waals surface area contributed by atoms with Crippen molar-refractivity contribution in [3.8, 4) is 11.1 Å². The number of hydrogen-bond acceptors (Lipinski definition) is 5. The molecular formula is C57H34N2O3. The van der Waals surface area contributed by atoms with Crippen LogP contribution < -0.4 is 9.80 Å². The lowest BCUT2D eigenvalue weighted by Crippen LogP contribution is -2.15. The molecule has 0 amide bonds. The van der Waals surface area contributed by atoms with Crippen molar-refractivity contribution in [3.63, 3.8) is 0 Å². The number of anilines is 6. The van der Waals surface area contributed by atoms with Crippen molar-refractivity contribution >= 4 is 121 Å². The third-order valence-corrected chi connectivity index (χ3v) is 13.1. The van der Waals surface area contributed by atoms with Crippen LogP contribution in [0.3, 0.4) is 0 Å². The van der Waals surface area contributed by atoms with Crippen LogP contribution in [-0.4, -0.2) is 0 Å². The van der Waals surface area contributed by atoms with Crippen LogP contribution >= 0.6 is 0 Å². The molecule has 0 saturated heterocycles. The van der Waals surface area contributed by atoms with Gasteiger partial charge in [-0.3, -0.25) is 0 Å². The first-order chi connectivity index (χ1) is 30.7. The maximum Gasteiger partial charge on any atom is 0.159 e. The summed E-state index contributed by atoms with van der Waals surface area (Å²) < 4.78 is 20.6. The molecule has 13 aromatic rings. The van der Waals surface area contributed by atoms with E-state index in [9.17, 15) is 0 Å². The highest BCUT2D eigenvalue weighted by Gasteiger charge is 2.31. The molecule has 0 radical (unpaired) electrons. The van der Waals surface area contributed by atoms with Crippen molar-refractivity contribution in [1.29, 1.82) is 0 Å². The predicted octanol–water partition coefficient (Wildman–Crippen LogP) is 16.9. The fourth-order valence-corrected chi connectivity index (χ4v) is 10.4. The molecule has 10 aromatic carbocycles. The SMILES string of the molecule is Cc1ccccc1N(c1cc2c(oc3cc4c5c(cccc5c32)-c2ccccc2N4c2cccc3c2oc2ccccc23)c2ccccc12)c1cccc2c1oc1ccccc12. The highest BCUT2D eigenvalue weighted by molar-refractivity contribution is 6.31. The lowest BCUT2D eigenvalue weighted by atomic mass is 9.89. The van der Waals surface area contributed by atoms with E-state index >= 15 is 0 Å². The summed E-state index contributed by atoms with van der Waals surface area (Å²) in [5.74, 6) is 0. The Hall–Kier alpha value is -8.28. The number of aryl methyl sites for hydroxylation is 1. The van der Waals surface area contributed by atoms with Gasteiger partial charge in [0, 0.05) is 65.8 Å². The van der Waals surface area contributed by atoms with Crippen LogP contribution in [0.1, 0.15) is 5.56 Å². The molecule has 14 rings (SSSR count). The van der Waals surface area contributed by atoms with E-state index in [-0.39, 0.29) is 0 Å². The Morgan fingerprint density at radius 2 is 0.887 bits per heavy atom. The van der Waals surface area contributed by atoms with Gasteiger partial charge in [0.1, 0.15) is 22.3 Å². The number of rotatable bonds is 4. The van der Waals surface area contributed by atoms with Crippen LogP contribution in [0.2, 0.25) is 0 Å². The molecule has 0 bridgehead atoms. The minimum Gasteiger partial charge on any atom is -0.455 e. The molecule has 0 N–H and O–H groups in total. The van der Waals surface area contributed by atoms with Crippen molar-refractivity contribution in [3.05, 3.63) is 194 Å². The molecule has 0 saturated carbocycles. The highest BCUT2D eigenvalue weighted by Crippen LogP contribution is 2.56. The van der Waals surface area contributed by atoms with Crippen molar-refractivity contribution in [1.82, 2.24) is 0 Å². The fraction of sp³-hybridized carbons (Fsp3) is 0.0175. The zero-order valence-electron chi connectivity index (χ0n) is 33.5. The Morgan fingerprint density at radius 1 is 0.339 bits per heavy atom. The van der Waals surface area contributed by atoms with Gasteiger partial charge in [-0.1, -0.05) is 140 Å². The van der Waals surface area contributed by atoms with Crippen molar-refractivity contribution in [2.24, 2.45) is 0 Å². The van der Waals surface area contributed by atoms with E-state index in [0.717, 1.165) is 122 Å². The normalized spacial score (nSPS) is 12.6. The van der Waals surface area contributed by atoms with Crippen LogP contribution in [0.25, 0.3) is 98.5 Å². The van der Waals surface area contributed by atoms with E-state index < -0.39 is 0 Å². The van der Waals surface area contributed by atoms with Gasteiger partial charge in [-0.15, -0.1) is 0 Å². The van der Waals surface area contributed by atoms with Gasteiger partial charge in [-0.05, 0) is 65.9 Å². The standard InChI is InChI=1S/C57H34N2O3/c1-33-15-2-8-25-44(33)58(46-27-13-22-40-36-18-6-10-29-50(36)60-56(40)46)48-31-43-54-42-24-12-21-38-34-16-5-9-26-45(34)59(47-28-14-23-41-37-19-7-11-30-51(37)61-57(41)47)49(53(38)42)32-52(54)62-55(43)39-20-4-3-17-35(39)48/h2-32H,1H3. The topological polar surface area (TPSA) is 45.9 Å². The van der Waals surface area contributed by atoms with E-state index in [1.165, 1.54) is 16.5 Å². The summed E-state index contributed by atoms with van der Waals surface area (Å²) in [6, 6.07) is 66.8. The van der Waals surface area contributed by atoms with E-state index in [2.05, 4.69) is 187 Å². The Balaban J connectivity index is 1.10. The maximum atomic E-state index is 7.18. The summed E-state index contributed by atoms with van der Waals surface area (Å²) >= 11 is 0. The van der Waals surface area contributed by atoms with Crippen molar-refractivity contribution in [2.45, 2.75) is 6.92 Å². The molecule has 0 spiro atoms. The molecule has 0 unspecified atom stereocenters. The second-order valence-electron chi connectivity index (χ2n) is 16.4. The Bertz CT molecular complexity index is 4040. The first-order valence-corrected chi connectivity index (χ1v) is 21.1. The number of para-hydroxylation sites is 6. The molecular weight excluding hydrogens is 761 g/mol. The molecule has 1 aliphatic heterocycles. The largest absolute Gasteiger partial charge is 0.455 e. The van der Waals surface area contributed by atoms with Gasteiger partial charge in [0.25, 0.3) is 0 Å². The van der Waals surface area contributed by atoms with Gasteiger partial charge in [0.2, 0.25) is 0 Å². The summed E-state index contributed by atoms with van der Waals surface area (Å²) in [5, 5.41) is 10.9. The van der Waals surface area contributed by atoms with Crippen LogP contribution in [0.4, 0.5) is 34.1 Å². The van der Waals surface area contributed by atoms with Gasteiger partial charge < -0.3 is 23.1 Å². The second-order valence-corrected chi connectivity index (χ2v) is 16.4. The van der Waals surface area contributed by atoms with Crippen LogP contribution in [0.5, 0.6) is 0 Å². The zero-order valence-corrected chi connectivity index (χ0v) is 33.5. The maximum absolute atomic E-state index is 7.18. The van der Waals surface area contributed by atoms with Gasteiger partial charge >= 0.3 is 0 Å². The number of fused-ring (bicyclic) bond motifs is 14. The van der Waals surface area contributed by atoms with Crippen LogP contribution in [-0.2, 0) is 0 Å². The summed E-state index contributed by atoms with van der Waals surface area (Å²) in [7, 11) is 0. The quantitative estimate of drug-likeness (QED) is 0.178. The number of benzene rings is 10. The monoisotopic (exact) mass is 794 g/mol. The third kappa shape index (κ3) is 4.46. The number of furan rings is 3. The molecule has 3 aromatic heterocycles. The Labute approximate surface area is 354 Å². The van der Waals surface area contributed by atoms with Gasteiger partial charge in [-0.25, -0.2) is 0 Å². The second kappa shape index (κ2) is 12.4. The summed E-state index contributed by atoms with van der Waals surface area (Å²) in [6.45, 7) is 2.18. The smallest absolute Gasteiger partial charge is 0.159 e. The number of nitrogens with zero attached hydrogens (tertiary/aromatic N) is 2. The first-order valence-electron chi connectivity index (χ1n) is 21.1. The van der Waals surface area contributed by atoms with E-state index in [1.54, 1.807) is 0 Å². The molecule has 1 aliphatic rings. The highest BCUT2D eigenvalue weighted by atomic mass is 16.3. The van der Waals surface area contributed by atoms with Crippen LogP contribution in [0, 0.1) is 6.92 Å². The lowest BCUT2D eigenvalue weighted by molar-refractivity contribution is 0.668. The van der Waals surface area contributed by atoms with E-state index in [0.29, 0.717) is 0 Å². The van der Waals surface area contributed by atoms with Gasteiger partial charge in [0.05, 0.1) is 28.4 Å². The minimum atomic E-state index is 0.824. The molecule has 290 valence electrons. The third-order valence-electron chi connectivity index (χ3n) is 13.1. The Morgan fingerprint density at radius 3 is 1.71 bits per heavy atom. The Kier molecular flexibility index (Phi) is 6.70. The van der Waals surface area contributed by atoms with Crippen molar-refractivity contribution in [2.75, 3.05) is 9.80 Å². The van der Waals surface area contributed by atoms with E-state index in [4.69, 9.17) is 13.3 Å². The summed E-state index contributed by atoms with van der Waals surface area (Å²) in [5.41, 5.74) is 14.9. The van der Waals surface area contributed by atoms with Gasteiger partial charge in [0.15, 0.2) is 11.2 Å². The average molecular weight is 795 g/mol. The zero-order chi connectivity index (χ0) is 40.6. The van der Waals surface area contributed by atoms with Gasteiger partial charge in [-0.2, -0.15) is 0 Å². The summed E-state index contributed by atoms with van der Waals surface area (Å²) in [6.07, 6.45) is 0. The minimum absolute atomic E-state index is 0.824. The molecule has 0 aliphatic carbocycles. The lowest BCUT2D eigenvalue weighted by Gasteiger charge is -2.33. The number of hydrogen-bond donors (Lipinski definition) is 0.